The predicted molar refractivity (Wildman–Crippen MR) is 168 cm³/mol. The third kappa shape index (κ3) is 9.55. The van der Waals surface area contributed by atoms with Crippen molar-refractivity contribution in [3.8, 4) is 0 Å². The van der Waals surface area contributed by atoms with Gasteiger partial charge in [0.25, 0.3) is 0 Å². The fourth-order valence-corrected chi connectivity index (χ4v) is 5.14. The van der Waals surface area contributed by atoms with Gasteiger partial charge < -0.3 is 34.1 Å². The molecule has 0 aliphatic carbocycles. The van der Waals surface area contributed by atoms with E-state index in [-0.39, 0.29) is 24.0 Å². The SMILES string of the molecule is C=CC[C@]1(C(=O)OC)C[C@H](OC(=O)c2ccccc2)[C@@H](NC(=O)OC(C)(C)C)[C@H]([C@@H](OC(=O)c2ccccc2)C(C)(O)CN=[N+]=[N-])O1. The Morgan fingerprint density at radius 3 is 2.17 bits per heavy atom. The number of nitrogens with zero attached hydrogens (tertiary/aromatic N) is 3. The van der Waals surface area contributed by atoms with Crippen LogP contribution >= 0.6 is 0 Å². The number of carbonyl (C=O) groups excluding carboxylic acids is 4. The standard InChI is InChI=1S/C33H40N4O10/c1-7-18-33(29(40)43-6)19-23(44-27(38)21-14-10-8-11-15-21)24(36-30(41)47-31(2,3)4)25(46-33)26(32(5,42)20-35-37-34)45-28(39)22-16-12-9-13-17-22/h7-17,23-26,42H,1,18-20H2,2-6H3,(H,36,41)/t23-,24+,25+,26+,32?,33+/m0/s1. The van der Waals surface area contributed by atoms with Gasteiger partial charge in [0.15, 0.2) is 11.7 Å². The smallest absolute Gasteiger partial charge is 0.408 e. The van der Waals surface area contributed by atoms with Gasteiger partial charge in [-0.25, -0.2) is 19.2 Å². The van der Waals surface area contributed by atoms with Crippen LogP contribution in [0.25, 0.3) is 10.4 Å². The van der Waals surface area contributed by atoms with Crippen molar-refractivity contribution < 1.29 is 48.0 Å². The van der Waals surface area contributed by atoms with E-state index in [1.165, 1.54) is 37.3 Å². The van der Waals surface area contributed by atoms with E-state index in [0.29, 0.717) is 0 Å². The minimum absolute atomic E-state index is 0.0990. The molecular weight excluding hydrogens is 612 g/mol. The van der Waals surface area contributed by atoms with Crippen LogP contribution in [-0.2, 0) is 28.5 Å². The molecule has 14 nitrogen and oxygen atoms in total. The summed E-state index contributed by atoms with van der Waals surface area (Å²) in [5.74, 6) is -2.60. The van der Waals surface area contributed by atoms with Gasteiger partial charge in [-0.05, 0) is 57.5 Å². The molecule has 2 aromatic rings. The molecule has 1 saturated heterocycles. The summed E-state index contributed by atoms with van der Waals surface area (Å²) in [5, 5.41) is 17.9. The first-order chi connectivity index (χ1) is 22.2. The fourth-order valence-electron chi connectivity index (χ4n) is 5.14. The highest BCUT2D eigenvalue weighted by Crippen LogP contribution is 2.40. The number of alkyl carbamates (subject to hydrolysis) is 1. The molecule has 1 aliphatic rings. The highest BCUT2D eigenvalue weighted by Gasteiger charge is 2.59. The highest BCUT2D eigenvalue weighted by molar-refractivity contribution is 5.90. The summed E-state index contributed by atoms with van der Waals surface area (Å²) in [7, 11) is 1.13. The first-order valence-electron chi connectivity index (χ1n) is 14.8. The molecule has 252 valence electrons. The van der Waals surface area contributed by atoms with E-state index in [1.807, 2.05) is 0 Å². The lowest BCUT2D eigenvalue weighted by molar-refractivity contribution is -0.236. The molecule has 0 radical (unpaired) electrons. The number of hydrogen-bond donors (Lipinski definition) is 2. The summed E-state index contributed by atoms with van der Waals surface area (Å²) < 4.78 is 28.8. The monoisotopic (exact) mass is 652 g/mol. The number of nitrogens with one attached hydrogen (secondary N) is 1. The van der Waals surface area contributed by atoms with Crippen molar-refractivity contribution in [1.82, 2.24) is 5.32 Å². The second-order valence-electron chi connectivity index (χ2n) is 12.2. The van der Waals surface area contributed by atoms with Gasteiger partial charge in [-0.2, -0.15) is 0 Å². The average Bonchev–Trinajstić information content (AvgIpc) is 3.03. The maximum atomic E-state index is 13.5. The first kappa shape index (κ1) is 36.6. The van der Waals surface area contributed by atoms with Gasteiger partial charge in [-0.1, -0.05) is 47.6 Å². The molecule has 1 amide bonds. The van der Waals surface area contributed by atoms with Crippen LogP contribution in [0.3, 0.4) is 0 Å². The van der Waals surface area contributed by atoms with Crippen LogP contribution in [0.5, 0.6) is 0 Å². The van der Waals surface area contributed by atoms with E-state index in [0.717, 1.165) is 7.11 Å². The predicted octanol–water partition coefficient (Wildman–Crippen LogP) is 4.67. The van der Waals surface area contributed by atoms with Gasteiger partial charge in [-0.15, -0.1) is 6.58 Å². The quantitative estimate of drug-likeness (QED) is 0.0812. The largest absolute Gasteiger partial charge is 0.467 e. The van der Waals surface area contributed by atoms with Crippen molar-refractivity contribution in [2.24, 2.45) is 5.11 Å². The summed E-state index contributed by atoms with van der Waals surface area (Å²) in [6.45, 7) is 9.23. The zero-order valence-corrected chi connectivity index (χ0v) is 27.0. The van der Waals surface area contributed by atoms with E-state index in [2.05, 4.69) is 21.9 Å². The van der Waals surface area contributed by atoms with E-state index in [1.54, 1.807) is 57.2 Å². The van der Waals surface area contributed by atoms with E-state index >= 15 is 0 Å². The maximum Gasteiger partial charge on any atom is 0.408 e. The Morgan fingerprint density at radius 2 is 1.66 bits per heavy atom. The van der Waals surface area contributed by atoms with Gasteiger partial charge in [0.05, 0.1) is 30.8 Å². The second-order valence-corrected chi connectivity index (χ2v) is 12.2. The van der Waals surface area contributed by atoms with Gasteiger partial charge in [0.2, 0.25) is 0 Å². The molecule has 0 bridgehead atoms. The maximum absolute atomic E-state index is 13.5. The molecule has 0 spiro atoms. The van der Waals surface area contributed by atoms with Crippen LogP contribution in [0.15, 0.2) is 78.4 Å². The number of esters is 3. The summed E-state index contributed by atoms with van der Waals surface area (Å²) >= 11 is 0. The minimum atomic E-state index is -2.17. The fraction of sp³-hybridized carbons (Fsp3) is 0.455. The van der Waals surface area contributed by atoms with Crippen LogP contribution in [0.4, 0.5) is 4.79 Å². The number of ether oxygens (including phenoxy) is 5. The van der Waals surface area contributed by atoms with E-state index in [9.17, 15) is 24.3 Å². The molecule has 47 heavy (non-hydrogen) atoms. The third-order valence-electron chi connectivity index (χ3n) is 7.24. The molecule has 6 atom stereocenters. The van der Waals surface area contributed by atoms with Crippen LogP contribution in [0.2, 0.25) is 0 Å². The Bertz CT molecular complexity index is 1470. The number of azide groups is 1. The lowest BCUT2D eigenvalue weighted by atomic mass is 9.79. The molecule has 2 N–H and O–H groups in total. The summed E-state index contributed by atoms with van der Waals surface area (Å²) in [6.07, 6.45) is -4.86. The second kappa shape index (κ2) is 15.6. The number of aliphatic hydroxyl groups is 1. The molecule has 14 heteroatoms. The Labute approximate surface area is 272 Å². The lowest BCUT2D eigenvalue weighted by Crippen LogP contribution is -2.70. The number of benzene rings is 2. The van der Waals surface area contributed by atoms with Gasteiger partial charge in [0, 0.05) is 17.8 Å². The van der Waals surface area contributed by atoms with Crippen LogP contribution in [0.1, 0.15) is 61.3 Å². The third-order valence-corrected chi connectivity index (χ3v) is 7.24. The van der Waals surface area contributed by atoms with Crippen molar-refractivity contribution in [3.63, 3.8) is 0 Å². The Morgan fingerprint density at radius 1 is 1.09 bits per heavy atom. The summed E-state index contributed by atoms with van der Waals surface area (Å²) in [4.78, 5) is 56.3. The van der Waals surface area contributed by atoms with Gasteiger partial charge >= 0.3 is 24.0 Å². The zero-order chi connectivity index (χ0) is 34.8. The van der Waals surface area contributed by atoms with E-state index in [4.69, 9.17) is 29.2 Å². The average molecular weight is 653 g/mol. The molecule has 1 heterocycles. The van der Waals surface area contributed by atoms with Crippen LogP contribution in [0, 0.1) is 0 Å². The number of methoxy groups -OCH3 is 1. The molecule has 2 aromatic carbocycles. The minimum Gasteiger partial charge on any atom is -0.467 e. The van der Waals surface area contributed by atoms with Crippen molar-refractivity contribution >= 4 is 24.0 Å². The number of carbonyl (C=O) groups is 4. The number of hydrogen-bond acceptors (Lipinski definition) is 11. The van der Waals surface area contributed by atoms with E-state index < -0.39 is 71.7 Å². The van der Waals surface area contributed by atoms with Crippen LogP contribution in [-0.4, -0.2) is 83.9 Å². The molecule has 0 aromatic heterocycles. The van der Waals surface area contributed by atoms with Crippen molar-refractivity contribution in [1.29, 1.82) is 0 Å². The zero-order valence-electron chi connectivity index (χ0n) is 27.0. The number of amides is 1. The lowest BCUT2D eigenvalue weighted by Gasteiger charge is -2.50. The van der Waals surface area contributed by atoms with Crippen molar-refractivity contribution in [2.45, 2.75) is 81.7 Å². The van der Waals surface area contributed by atoms with Crippen molar-refractivity contribution in [3.05, 3.63) is 94.9 Å². The molecule has 0 saturated carbocycles. The summed E-state index contributed by atoms with van der Waals surface area (Å²) in [6, 6.07) is 14.4. The summed E-state index contributed by atoms with van der Waals surface area (Å²) in [5.41, 5.74) is 4.31. The normalized spacial score (nSPS) is 22.6. The number of rotatable bonds is 12. The van der Waals surface area contributed by atoms with Gasteiger partial charge in [0.1, 0.15) is 23.4 Å². The Kier molecular flexibility index (Phi) is 12.1. The molecule has 1 aliphatic heterocycles. The Hall–Kier alpha value is -4.91. The Balaban J connectivity index is 2.25. The highest BCUT2D eigenvalue weighted by atomic mass is 16.6. The van der Waals surface area contributed by atoms with Crippen LogP contribution < -0.4 is 5.32 Å². The molecular formula is C33H40N4O10. The molecule has 1 unspecified atom stereocenters. The topological polar surface area (TPSA) is 195 Å². The molecule has 3 rings (SSSR count). The molecule has 1 fully saturated rings. The first-order valence-corrected chi connectivity index (χ1v) is 14.8. The van der Waals surface area contributed by atoms with Crippen molar-refractivity contribution in [2.75, 3.05) is 13.7 Å². The van der Waals surface area contributed by atoms with Gasteiger partial charge in [-0.3, -0.25) is 0 Å².